The molecule has 0 fully saturated rings. The molecule has 0 saturated heterocycles. The van der Waals surface area contributed by atoms with Crippen molar-refractivity contribution in [1.29, 1.82) is 0 Å². The third kappa shape index (κ3) is 32.5. The number of rotatable bonds is 29. The van der Waals surface area contributed by atoms with Gasteiger partial charge in [0.25, 0.3) is 0 Å². The number of hydrogen-bond donors (Lipinski definition) is 3. The summed E-state index contributed by atoms with van der Waals surface area (Å²) in [6.45, 7) is 4.56. The SMILES string of the molecule is CCCCCCCCCCCCCCCCSCCCNCCCCCCCCCP(=O)(O)O. The molecule has 0 bridgehead atoms. The molecule has 0 amide bonds. The quantitative estimate of drug-likeness (QED) is 0.0676. The maximum atomic E-state index is 10.8. The molecule has 0 rings (SSSR count). The van der Waals surface area contributed by atoms with Gasteiger partial charge in [0.1, 0.15) is 0 Å². The van der Waals surface area contributed by atoms with Crippen molar-refractivity contribution in [1.82, 2.24) is 5.32 Å². The molecule has 0 aromatic rings. The van der Waals surface area contributed by atoms with E-state index in [1.54, 1.807) is 0 Å². The summed E-state index contributed by atoms with van der Waals surface area (Å²) < 4.78 is 10.8. The van der Waals surface area contributed by atoms with Crippen LogP contribution in [0.25, 0.3) is 0 Å². The van der Waals surface area contributed by atoms with Gasteiger partial charge in [0.15, 0.2) is 0 Å². The topological polar surface area (TPSA) is 69.6 Å². The van der Waals surface area contributed by atoms with Gasteiger partial charge in [-0.05, 0) is 50.3 Å². The lowest BCUT2D eigenvalue weighted by molar-refractivity contribution is 0.370. The summed E-state index contributed by atoms with van der Waals surface area (Å²) in [6, 6.07) is 0. The molecule has 0 spiro atoms. The molecule has 4 nitrogen and oxygen atoms in total. The van der Waals surface area contributed by atoms with Gasteiger partial charge in [-0.25, -0.2) is 0 Å². The van der Waals surface area contributed by atoms with E-state index in [0.29, 0.717) is 6.42 Å². The lowest BCUT2D eigenvalue weighted by Gasteiger charge is -2.06. The fraction of sp³-hybridized carbons (Fsp3) is 1.00. The first kappa shape index (κ1) is 34.5. The second kappa shape index (κ2) is 28.0. The predicted octanol–water partition coefficient (Wildman–Crippen LogP) is 9.09. The first-order chi connectivity index (χ1) is 16.6. The Morgan fingerprint density at radius 3 is 1.41 bits per heavy atom. The van der Waals surface area contributed by atoms with Crippen molar-refractivity contribution in [2.75, 3.05) is 30.8 Å². The van der Waals surface area contributed by atoms with Crippen LogP contribution in [-0.4, -0.2) is 40.5 Å². The van der Waals surface area contributed by atoms with E-state index in [-0.39, 0.29) is 6.16 Å². The van der Waals surface area contributed by atoms with Gasteiger partial charge in [-0.2, -0.15) is 11.8 Å². The van der Waals surface area contributed by atoms with Crippen LogP contribution in [0, 0.1) is 0 Å². The zero-order chi connectivity index (χ0) is 25.0. The van der Waals surface area contributed by atoms with Crippen LogP contribution in [0.4, 0.5) is 0 Å². The normalized spacial score (nSPS) is 12.0. The summed E-state index contributed by atoms with van der Waals surface area (Å²) in [7, 11) is -3.78. The average Bonchev–Trinajstić information content (AvgIpc) is 2.80. The van der Waals surface area contributed by atoms with Crippen molar-refractivity contribution in [3.05, 3.63) is 0 Å². The van der Waals surface area contributed by atoms with E-state index in [1.165, 1.54) is 134 Å². The fourth-order valence-corrected chi connectivity index (χ4v) is 5.97. The van der Waals surface area contributed by atoms with Crippen molar-refractivity contribution < 1.29 is 14.4 Å². The van der Waals surface area contributed by atoms with Gasteiger partial charge in [0.05, 0.1) is 0 Å². The van der Waals surface area contributed by atoms with E-state index in [0.717, 1.165) is 25.9 Å². The Bertz CT molecular complexity index is 434. The maximum Gasteiger partial charge on any atom is 0.325 e. The second-order valence-corrected chi connectivity index (χ2v) is 13.2. The molecule has 206 valence electrons. The van der Waals surface area contributed by atoms with Crippen LogP contribution < -0.4 is 5.32 Å². The molecule has 3 N–H and O–H groups in total. The van der Waals surface area contributed by atoms with Crippen LogP contribution >= 0.6 is 19.4 Å². The van der Waals surface area contributed by atoms with E-state index < -0.39 is 7.60 Å². The van der Waals surface area contributed by atoms with Crippen molar-refractivity contribution in [2.24, 2.45) is 0 Å². The van der Waals surface area contributed by atoms with Gasteiger partial charge in [-0.3, -0.25) is 4.57 Å². The Morgan fingerprint density at radius 1 is 0.529 bits per heavy atom. The summed E-state index contributed by atoms with van der Waals surface area (Å²) >= 11 is 2.13. The second-order valence-electron chi connectivity index (χ2n) is 10.2. The van der Waals surface area contributed by atoms with E-state index >= 15 is 0 Å². The molecule has 34 heavy (non-hydrogen) atoms. The lowest BCUT2D eigenvalue weighted by atomic mass is 10.0. The van der Waals surface area contributed by atoms with Crippen molar-refractivity contribution in [2.45, 2.75) is 148 Å². The molecule has 0 heterocycles. The predicted molar refractivity (Wildman–Crippen MR) is 154 cm³/mol. The third-order valence-electron chi connectivity index (χ3n) is 6.59. The van der Waals surface area contributed by atoms with Crippen LogP contribution in [-0.2, 0) is 4.57 Å². The molecule has 0 saturated carbocycles. The highest BCUT2D eigenvalue weighted by Gasteiger charge is 2.10. The van der Waals surface area contributed by atoms with E-state index in [2.05, 4.69) is 24.0 Å². The zero-order valence-corrected chi connectivity index (χ0v) is 24.5. The molecule has 0 atom stereocenters. The van der Waals surface area contributed by atoms with E-state index in [4.69, 9.17) is 9.79 Å². The number of thioether (sulfide) groups is 1. The van der Waals surface area contributed by atoms with Gasteiger partial charge >= 0.3 is 7.60 Å². The molecule has 0 aliphatic carbocycles. The minimum atomic E-state index is -3.78. The van der Waals surface area contributed by atoms with Gasteiger partial charge < -0.3 is 15.1 Å². The average molecular weight is 522 g/mol. The minimum Gasteiger partial charge on any atom is -0.324 e. The molecular weight excluding hydrogens is 461 g/mol. The highest BCUT2D eigenvalue weighted by molar-refractivity contribution is 7.99. The highest BCUT2D eigenvalue weighted by Crippen LogP contribution is 2.35. The van der Waals surface area contributed by atoms with Gasteiger partial charge in [-0.1, -0.05) is 122 Å². The molecule has 0 aliphatic heterocycles. The molecule has 6 heteroatoms. The molecule has 0 radical (unpaired) electrons. The fourth-order valence-electron chi connectivity index (χ4n) is 4.38. The monoisotopic (exact) mass is 521 g/mol. The first-order valence-corrected chi connectivity index (χ1v) is 17.8. The van der Waals surface area contributed by atoms with E-state index in [9.17, 15) is 4.57 Å². The van der Waals surface area contributed by atoms with Crippen LogP contribution in [0.2, 0.25) is 0 Å². The Morgan fingerprint density at radius 2 is 0.912 bits per heavy atom. The Hall–Kier alpha value is 0.460. The Balaban J connectivity index is 3.03. The summed E-state index contributed by atoms with van der Waals surface area (Å²) in [5.74, 6) is 2.63. The lowest BCUT2D eigenvalue weighted by Crippen LogP contribution is -2.17. The Kier molecular flexibility index (Phi) is 28.4. The summed E-state index contributed by atoms with van der Waals surface area (Å²) in [6.07, 6.45) is 29.1. The van der Waals surface area contributed by atoms with Gasteiger partial charge in [0, 0.05) is 6.16 Å². The van der Waals surface area contributed by atoms with Crippen LogP contribution in [0.5, 0.6) is 0 Å². The van der Waals surface area contributed by atoms with Crippen LogP contribution in [0.3, 0.4) is 0 Å². The van der Waals surface area contributed by atoms with Gasteiger partial charge in [-0.15, -0.1) is 0 Å². The standard InChI is InChI=1S/C28H60NO3PS/c1-2-3-4-5-6-7-8-9-10-11-12-16-19-22-27-34-28-23-25-29-24-20-17-14-13-15-18-21-26-33(30,31)32/h29H,2-28H2,1H3,(H2,30,31,32). The number of hydrogen-bond acceptors (Lipinski definition) is 3. The summed E-state index contributed by atoms with van der Waals surface area (Å²) in [5.41, 5.74) is 0. The molecule has 0 aromatic carbocycles. The van der Waals surface area contributed by atoms with Crippen molar-refractivity contribution >= 4 is 19.4 Å². The molecular formula is C28H60NO3PS. The summed E-state index contributed by atoms with van der Waals surface area (Å²) in [4.78, 5) is 17.6. The highest BCUT2D eigenvalue weighted by atomic mass is 32.2. The zero-order valence-electron chi connectivity index (χ0n) is 22.8. The number of unbranched alkanes of at least 4 members (excludes halogenated alkanes) is 19. The molecule has 0 aromatic heterocycles. The molecule has 0 unspecified atom stereocenters. The van der Waals surface area contributed by atoms with Gasteiger partial charge in [0.2, 0.25) is 0 Å². The third-order valence-corrected chi connectivity index (χ3v) is 8.64. The maximum absolute atomic E-state index is 10.8. The first-order valence-electron chi connectivity index (χ1n) is 14.9. The smallest absolute Gasteiger partial charge is 0.324 e. The van der Waals surface area contributed by atoms with E-state index in [1.807, 2.05) is 0 Å². The van der Waals surface area contributed by atoms with Crippen molar-refractivity contribution in [3.63, 3.8) is 0 Å². The largest absolute Gasteiger partial charge is 0.325 e. The minimum absolute atomic E-state index is 0.0502. The van der Waals surface area contributed by atoms with Crippen LogP contribution in [0.15, 0.2) is 0 Å². The number of nitrogens with one attached hydrogen (secondary N) is 1. The van der Waals surface area contributed by atoms with Crippen LogP contribution in [0.1, 0.15) is 148 Å². The Labute approximate surface area is 217 Å². The summed E-state index contributed by atoms with van der Waals surface area (Å²) in [5, 5.41) is 3.57. The van der Waals surface area contributed by atoms with Crippen molar-refractivity contribution in [3.8, 4) is 0 Å². The molecule has 0 aliphatic rings.